The van der Waals surface area contributed by atoms with E-state index in [1.807, 2.05) is 56.3 Å². The number of carbonyl (C=O) groups excluding carboxylic acids is 1. The van der Waals surface area contributed by atoms with Crippen LogP contribution in [0.3, 0.4) is 0 Å². The van der Waals surface area contributed by atoms with Gasteiger partial charge in [-0.25, -0.2) is 5.01 Å². The molecule has 6 nitrogen and oxygen atoms in total. The highest BCUT2D eigenvalue weighted by atomic mass is 16.5. The molecule has 1 aliphatic rings. The summed E-state index contributed by atoms with van der Waals surface area (Å²) in [6.07, 6.45) is 0.592. The third-order valence-electron chi connectivity index (χ3n) is 4.85. The maximum atomic E-state index is 12.9. The molecule has 2 aromatic carbocycles. The highest BCUT2D eigenvalue weighted by Gasteiger charge is 2.36. The minimum Gasteiger partial charge on any atom is -0.497 e. The summed E-state index contributed by atoms with van der Waals surface area (Å²) in [6.45, 7) is 3.76. The Hall–Kier alpha value is -3.02. The lowest BCUT2D eigenvalue weighted by Gasteiger charge is -2.25. The van der Waals surface area contributed by atoms with E-state index < -0.39 is 0 Å². The van der Waals surface area contributed by atoms with E-state index in [1.54, 1.807) is 26.3 Å². The number of hydrogen-bond donors (Lipinski definition) is 0. The standard InChI is InChI=1S/C22H26N2O4/c1-14(2)22(25)24-20(18-12-17(27-4)10-11-21(18)28-5)13-19(23-24)15-6-8-16(26-3)9-7-15/h6-12,14,20H,13H2,1-5H3. The first-order valence-electron chi connectivity index (χ1n) is 9.25. The van der Waals surface area contributed by atoms with Gasteiger partial charge in [-0.05, 0) is 48.0 Å². The number of hydrogen-bond acceptors (Lipinski definition) is 5. The predicted octanol–water partition coefficient (Wildman–Crippen LogP) is 4.05. The van der Waals surface area contributed by atoms with Crippen molar-refractivity contribution in [1.29, 1.82) is 0 Å². The highest BCUT2D eigenvalue weighted by Crippen LogP contribution is 2.40. The zero-order valence-corrected chi connectivity index (χ0v) is 16.9. The molecular formula is C22H26N2O4. The van der Waals surface area contributed by atoms with Crippen molar-refractivity contribution in [2.45, 2.75) is 26.3 Å². The van der Waals surface area contributed by atoms with Crippen LogP contribution in [0.2, 0.25) is 0 Å². The van der Waals surface area contributed by atoms with Crippen molar-refractivity contribution in [2.75, 3.05) is 21.3 Å². The fraction of sp³-hybridized carbons (Fsp3) is 0.364. The maximum Gasteiger partial charge on any atom is 0.245 e. The molecule has 0 saturated heterocycles. The molecule has 0 N–H and O–H groups in total. The van der Waals surface area contributed by atoms with Crippen molar-refractivity contribution in [1.82, 2.24) is 5.01 Å². The Morgan fingerprint density at radius 2 is 1.64 bits per heavy atom. The molecule has 2 aromatic rings. The van der Waals surface area contributed by atoms with Crippen LogP contribution in [0, 0.1) is 5.92 Å². The number of hydrazone groups is 1. The lowest BCUT2D eigenvalue weighted by Crippen LogP contribution is -2.30. The van der Waals surface area contributed by atoms with Crippen molar-refractivity contribution >= 4 is 11.6 Å². The highest BCUT2D eigenvalue weighted by molar-refractivity contribution is 6.03. The Balaban J connectivity index is 2.02. The topological polar surface area (TPSA) is 60.4 Å². The molecule has 6 heteroatoms. The predicted molar refractivity (Wildman–Crippen MR) is 108 cm³/mol. The molecule has 1 unspecified atom stereocenters. The second-order valence-electron chi connectivity index (χ2n) is 6.94. The molecule has 0 bridgehead atoms. The molecule has 0 radical (unpaired) electrons. The van der Waals surface area contributed by atoms with Gasteiger partial charge >= 0.3 is 0 Å². The Bertz CT molecular complexity index is 875. The van der Waals surface area contributed by atoms with E-state index in [4.69, 9.17) is 14.2 Å². The van der Waals surface area contributed by atoms with Crippen molar-refractivity contribution < 1.29 is 19.0 Å². The number of benzene rings is 2. The fourth-order valence-electron chi connectivity index (χ4n) is 3.28. The zero-order chi connectivity index (χ0) is 20.3. The van der Waals surface area contributed by atoms with Gasteiger partial charge in [0.2, 0.25) is 5.91 Å². The smallest absolute Gasteiger partial charge is 0.245 e. The van der Waals surface area contributed by atoms with Crippen LogP contribution in [0.25, 0.3) is 0 Å². The molecule has 0 spiro atoms. The first-order chi connectivity index (χ1) is 13.5. The number of nitrogens with zero attached hydrogens (tertiary/aromatic N) is 2. The van der Waals surface area contributed by atoms with Crippen LogP contribution in [-0.2, 0) is 4.79 Å². The summed E-state index contributed by atoms with van der Waals surface area (Å²) in [4.78, 5) is 12.9. The molecule has 0 fully saturated rings. The van der Waals surface area contributed by atoms with E-state index in [-0.39, 0.29) is 17.9 Å². The second-order valence-corrected chi connectivity index (χ2v) is 6.94. The lowest BCUT2D eigenvalue weighted by molar-refractivity contribution is -0.136. The van der Waals surface area contributed by atoms with Gasteiger partial charge < -0.3 is 14.2 Å². The van der Waals surface area contributed by atoms with Crippen LogP contribution >= 0.6 is 0 Å². The lowest BCUT2D eigenvalue weighted by atomic mass is 9.97. The molecule has 1 heterocycles. The van der Waals surface area contributed by atoms with Gasteiger partial charge in [0, 0.05) is 17.9 Å². The molecule has 1 atom stereocenters. The first-order valence-corrected chi connectivity index (χ1v) is 9.25. The van der Waals surface area contributed by atoms with Crippen LogP contribution in [-0.4, -0.2) is 38.0 Å². The molecule has 0 aromatic heterocycles. The summed E-state index contributed by atoms with van der Waals surface area (Å²) in [5, 5.41) is 6.27. The summed E-state index contributed by atoms with van der Waals surface area (Å²) >= 11 is 0. The maximum absolute atomic E-state index is 12.9. The SMILES string of the molecule is COc1ccc(C2=NN(C(=O)C(C)C)C(c3cc(OC)ccc3OC)C2)cc1. The minimum absolute atomic E-state index is 0.0293. The number of amides is 1. The van der Waals surface area contributed by atoms with Gasteiger partial charge in [0.15, 0.2) is 0 Å². The van der Waals surface area contributed by atoms with Crippen LogP contribution in [0.5, 0.6) is 17.2 Å². The van der Waals surface area contributed by atoms with Gasteiger partial charge in [0.1, 0.15) is 17.2 Å². The molecular weight excluding hydrogens is 356 g/mol. The third-order valence-corrected chi connectivity index (χ3v) is 4.85. The van der Waals surface area contributed by atoms with Gasteiger partial charge in [-0.1, -0.05) is 13.8 Å². The van der Waals surface area contributed by atoms with Crippen LogP contribution < -0.4 is 14.2 Å². The average Bonchev–Trinajstić information content (AvgIpc) is 3.17. The van der Waals surface area contributed by atoms with Gasteiger partial charge in [0.05, 0.1) is 33.1 Å². The van der Waals surface area contributed by atoms with E-state index in [2.05, 4.69) is 5.10 Å². The first kappa shape index (κ1) is 19.7. The van der Waals surface area contributed by atoms with E-state index >= 15 is 0 Å². The van der Waals surface area contributed by atoms with Gasteiger partial charge in [-0.15, -0.1) is 0 Å². The Morgan fingerprint density at radius 3 is 2.21 bits per heavy atom. The Morgan fingerprint density at radius 1 is 1.00 bits per heavy atom. The molecule has 0 aliphatic carbocycles. The number of ether oxygens (including phenoxy) is 3. The summed E-state index contributed by atoms with van der Waals surface area (Å²) < 4.78 is 16.2. The summed E-state index contributed by atoms with van der Waals surface area (Å²) in [5.41, 5.74) is 2.70. The van der Waals surface area contributed by atoms with E-state index in [0.717, 1.165) is 22.6 Å². The van der Waals surface area contributed by atoms with E-state index in [0.29, 0.717) is 17.9 Å². The normalized spacial score (nSPS) is 16.1. The van der Waals surface area contributed by atoms with Crippen molar-refractivity contribution in [3.05, 3.63) is 53.6 Å². The van der Waals surface area contributed by atoms with E-state index in [9.17, 15) is 4.79 Å². The van der Waals surface area contributed by atoms with Crippen LogP contribution in [0.1, 0.15) is 37.4 Å². The van der Waals surface area contributed by atoms with Crippen LogP contribution in [0.15, 0.2) is 47.6 Å². The fourth-order valence-corrected chi connectivity index (χ4v) is 3.28. The number of methoxy groups -OCH3 is 3. The summed E-state index contributed by atoms with van der Waals surface area (Å²) in [5.74, 6) is 2.00. The largest absolute Gasteiger partial charge is 0.497 e. The van der Waals surface area contributed by atoms with Crippen molar-refractivity contribution in [3.8, 4) is 17.2 Å². The van der Waals surface area contributed by atoms with Crippen molar-refractivity contribution in [3.63, 3.8) is 0 Å². The molecule has 28 heavy (non-hydrogen) atoms. The number of carbonyl (C=O) groups is 1. The second kappa shape index (κ2) is 8.33. The summed E-state index contributed by atoms with van der Waals surface area (Å²) in [6, 6.07) is 13.1. The molecule has 3 rings (SSSR count). The minimum atomic E-state index is -0.253. The molecule has 148 valence electrons. The molecule has 1 amide bonds. The van der Waals surface area contributed by atoms with Gasteiger partial charge in [-0.3, -0.25) is 4.79 Å². The third kappa shape index (κ3) is 3.81. The zero-order valence-electron chi connectivity index (χ0n) is 16.9. The molecule has 1 aliphatic heterocycles. The van der Waals surface area contributed by atoms with Crippen LogP contribution in [0.4, 0.5) is 0 Å². The average molecular weight is 382 g/mol. The van der Waals surface area contributed by atoms with Crippen molar-refractivity contribution in [2.24, 2.45) is 11.0 Å². The monoisotopic (exact) mass is 382 g/mol. The van der Waals surface area contributed by atoms with Gasteiger partial charge in [-0.2, -0.15) is 5.10 Å². The number of rotatable bonds is 6. The van der Waals surface area contributed by atoms with Gasteiger partial charge in [0.25, 0.3) is 0 Å². The quantitative estimate of drug-likeness (QED) is 0.756. The Kier molecular flexibility index (Phi) is 5.87. The molecule has 0 saturated carbocycles. The Labute approximate surface area is 165 Å². The van der Waals surface area contributed by atoms with E-state index in [1.165, 1.54) is 0 Å². The summed E-state index contributed by atoms with van der Waals surface area (Å²) in [7, 11) is 4.88.